The molecule has 0 amide bonds. The Morgan fingerprint density at radius 2 is 2.00 bits per heavy atom. The number of halogens is 3. The van der Waals surface area contributed by atoms with Crippen LogP contribution in [0.4, 0.5) is 13.2 Å². The number of hydrogen-bond acceptors (Lipinski definition) is 3. The zero-order valence-electron chi connectivity index (χ0n) is 13.1. The molecule has 3 rings (SSSR count). The predicted molar refractivity (Wildman–Crippen MR) is 84.0 cm³/mol. The summed E-state index contributed by atoms with van der Waals surface area (Å²) in [4.78, 5) is 6.64. The second-order valence-electron chi connectivity index (χ2n) is 6.07. The summed E-state index contributed by atoms with van der Waals surface area (Å²) in [6.45, 7) is 5.37. The van der Waals surface area contributed by atoms with Crippen molar-refractivity contribution in [1.29, 1.82) is 0 Å². The first-order valence-electron chi connectivity index (χ1n) is 7.96. The van der Waals surface area contributed by atoms with Crippen LogP contribution in [-0.4, -0.2) is 46.4 Å². The third kappa shape index (κ3) is 3.96. The van der Waals surface area contributed by atoms with E-state index in [0.717, 1.165) is 38.0 Å². The van der Waals surface area contributed by atoms with Gasteiger partial charge in [0, 0.05) is 19.1 Å². The molecular weight excluding hydrogens is 305 g/mol. The van der Waals surface area contributed by atoms with Crippen molar-refractivity contribution in [3.05, 3.63) is 30.1 Å². The van der Waals surface area contributed by atoms with Crippen LogP contribution in [0.15, 0.2) is 24.5 Å². The molecule has 4 nitrogen and oxygen atoms in total. The van der Waals surface area contributed by atoms with E-state index in [1.807, 2.05) is 4.68 Å². The van der Waals surface area contributed by atoms with Gasteiger partial charge in [0.25, 0.3) is 0 Å². The molecule has 2 heterocycles. The summed E-state index contributed by atoms with van der Waals surface area (Å²) in [5.41, 5.74) is 5.07. The van der Waals surface area contributed by atoms with Gasteiger partial charge in [-0.1, -0.05) is 13.0 Å². The Labute approximate surface area is 133 Å². The second kappa shape index (κ2) is 6.39. The average molecular weight is 326 g/mol. The molecule has 7 heteroatoms. The number of rotatable bonds is 4. The largest absolute Gasteiger partial charge is 0.393 e. The first kappa shape index (κ1) is 16.1. The molecule has 0 radical (unpaired) electrons. The molecule has 1 saturated heterocycles. The monoisotopic (exact) mass is 326 g/mol. The lowest BCUT2D eigenvalue weighted by Gasteiger charge is -2.32. The van der Waals surface area contributed by atoms with E-state index in [0.29, 0.717) is 11.6 Å². The summed E-state index contributed by atoms with van der Waals surface area (Å²) in [5, 5.41) is 0. The maximum Gasteiger partial charge on any atom is 0.393 e. The van der Waals surface area contributed by atoms with E-state index in [9.17, 15) is 13.2 Å². The van der Waals surface area contributed by atoms with Crippen LogP contribution in [0.25, 0.3) is 11.0 Å². The third-order valence-electron chi connectivity index (χ3n) is 4.37. The summed E-state index contributed by atoms with van der Waals surface area (Å²) in [7, 11) is 0. The lowest BCUT2D eigenvalue weighted by atomic mass is 10.1. The van der Waals surface area contributed by atoms with E-state index in [1.165, 1.54) is 12.1 Å². The Balaban J connectivity index is 1.70. The molecule has 23 heavy (non-hydrogen) atoms. The van der Waals surface area contributed by atoms with E-state index in [-0.39, 0.29) is 5.56 Å². The fourth-order valence-electron chi connectivity index (χ4n) is 3.08. The van der Waals surface area contributed by atoms with Crippen molar-refractivity contribution in [3.8, 4) is 0 Å². The van der Waals surface area contributed by atoms with Gasteiger partial charge in [0.1, 0.15) is 6.33 Å². The maximum atomic E-state index is 12.5. The number of benzene rings is 1. The molecule has 1 N–H and O–H groups in total. The highest BCUT2D eigenvalue weighted by atomic mass is 19.4. The van der Waals surface area contributed by atoms with Crippen LogP contribution in [0.1, 0.15) is 25.3 Å². The summed E-state index contributed by atoms with van der Waals surface area (Å²) >= 11 is 0. The predicted octanol–water partition coefficient (Wildman–Crippen LogP) is 3.17. The van der Waals surface area contributed by atoms with E-state index in [2.05, 4.69) is 22.2 Å². The fraction of sp³-hybridized carbons (Fsp3) is 0.562. The van der Waals surface area contributed by atoms with Crippen molar-refractivity contribution in [3.63, 3.8) is 0 Å². The molecule has 0 atom stereocenters. The zero-order valence-corrected chi connectivity index (χ0v) is 13.1. The van der Waals surface area contributed by atoms with Gasteiger partial charge in [0.15, 0.2) is 0 Å². The maximum absolute atomic E-state index is 12.5. The number of hydrogen-bond donors (Lipinski definition) is 1. The summed E-state index contributed by atoms with van der Waals surface area (Å²) in [6, 6.07) is 5.11. The smallest absolute Gasteiger partial charge is 0.321 e. The van der Waals surface area contributed by atoms with E-state index < -0.39 is 12.6 Å². The van der Waals surface area contributed by atoms with Crippen molar-refractivity contribution in [2.24, 2.45) is 0 Å². The highest BCUT2D eigenvalue weighted by molar-refractivity contribution is 5.76. The normalized spacial score (nSPS) is 17.7. The molecule has 126 valence electrons. The molecule has 2 aromatic rings. The number of likely N-dealkylation sites (tertiary alicyclic amines) is 1. The molecule has 0 saturated carbocycles. The van der Waals surface area contributed by atoms with Crippen LogP contribution < -0.4 is 5.43 Å². The SMILES string of the molecule is CCN1CCC(Nn2cnc3cc(CC(F)(F)F)ccc32)CC1. The number of fused-ring (bicyclic) bond motifs is 1. The Morgan fingerprint density at radius 3 is 2.65 bits per heavy atom. The lowest BCUT2D eigenvalue weighted by Crippen LogP contribution is -2.41. The van der Waals surface area contributed by atoms with Crippen molar-refractivity contribution >= 4 is 11.0 Å². The minimum Gasteiger partial charge on any atom is -0.321 e. The van der Waals surface area contributed by atoms with Gasteiger partial charge in [-0.15, -0.1) is 0 Å². The standard InChI is InChI=1S/C16H21F3N4/c1-2-22-7-5-13(6-8-22)21-23-11-20-14-9-12(3-4-15(14)23)10-16(17,18)19/h3-4,9,11,13,21H,2,5-8,10H2,1H3. The van der Waals surface area contributed by atoms with Crippen molar-refractivity contribution in [1.82, 2.24) is 14.6 Å². The van der Waals surface area contributed by atoms with Crippen LogP contribution in [0.3, 0.4) is 0 Å². The molecule has 1 aliphatic rings. The first-order chi connectivity index (χ1) is 10.9. The molecule has 1 fully saturated rings. The van der Waals surface area contributed by atoms with Crippen LogP contribution >= 0.6 is 0 Å². The fourth-order valence-corrected chi connectivity index (χ4v) is 3.08. The van der Waals surface area contributed by atoms with Gasteiger partial charge >= 0.3 is 6.18 Å². The number of nitrogens with one attached hydrogen (secondary N) is 1. The Hall–Kier alpha value is -1.76. The number of imidazole rings is 1. The van der Waals surface area contributed by atoms with Crippen molar-refractivity contribution in [2.75, 3.05) is 25.1 Å². The van der Waals surface area contributed by atoms with E-state index in [4.69, 9.17) is 0 Å². The zero-order chi connectivity index (χ0) is 16.4. The third-order valence-corrected chi connectivity index (χ3v) is 4.37. The summed E-state index contributed by atoms with van der Waals surface area (Å²) in [6.07, 6.45) is -1.35. The van der Waals surface area contributed by atoms with E-state index >= 15 is 0 Å². The van der Waals surface area contributed by atoms with Crippen molar-refractivity contribution in [2.45, 2.75) is 38.4 Å². The Morgan fingerprint density at radius 1 is 1.26 bits per heavy atom. The summed E-state index contributed by atoms with van der Waals surface area (Å²) < 4.78 is 39.3. The van der Waals surface area contributed by atoms with Crippen LogP contribution in [0, 0.1) is 0 Å². The van der Waals surface area contributed by atoms with Crippen LogP contribution in [0.2, 0.25) is 0 Å². The van der Waals surface area contributed by atoms with E-state index in [1.54, 1.807) is 12.4 Å². The van der Waals surface area contributed by atoms with Gasteiger partial charge in [-0.05, 0) is 37.1 Å². The second-order valence-corrected chi connectivity index (χ2v) is 6.07. The minimum atomic E-state index is -4.19. The number of nitrogens with zero attached hydrogens (tertiary/aromatic N) is 3. The molecule has 0 aliphatic carbocycles. The Kier molecular flexibility index (Phi) is 4.48. The molecule has 0 spiro atoms. The topological polar surface area (TPSA) is 33.1 Å². The quantitative estimate of drug-likeness (QED) is 0.937. The number of aromatic nitrogens is 2. The van der Waals surface area contributed by atoms with Crippen molar-refractivity contribution < 1.29 is 13.2 Å². The van der Waals surface area contributed by atoms with Gasteiger partial charge in [-0.3, -0.25) is 0 Å². The molecule has 0 unspecified atom stereocenters. The molecule has 0 bridgehead atoms. The molecular formula is C16H21F3N4. The van der Waals surface area contributed by atoms with Gasteiger partial charge in [-0.25, -0.2) is 9.66 Å². The molecule has 1 aliphatic heterocycles. The summed E-state index contributed by atoms with van der Waals surface area (Å²) in [5.74, 6) is 0. The molecule has 1 aromatic heterocycles. The molecule has 1 aromatic carbocycles. The van der Waals surface area contributed by atoms with Gasteiger partial charge in [0.2, 0.25) is 0 Å². The first-order valence-corrected chi connectivity index (χ1v) is 7.96. The minimum absolute atomic E-state index is 0.242. The highest BCUT2D eigenvalue weighted by Gasteiger charge is 2.27. The average Bonchev–Trinajstić information content (AvgIpc) is 2.89. The van der Waals surface area contributed by atoms with Crippen LogP contribution in [0.5, 0.6) is 0 Å². The number of piperidine rings is 1. The van der Waals surface area contributed by atoms with Gasteiger partial charge < -0.3 is 10.3 Å². The lowest BCUT2D eigenvalue weighted by molar-refractivity contribution is -0.127. The van der Waals surface area contributed by atoms with Gasteiger partial charge in [0.05, 0.1) is 17.5 Å². The highest BCUT2D eigenvalue weighted by Crippen LogP contribution is 2.23. The van der Waals surface area contributed by atoms with Crippen LogP contribution in [-0.2, 0) is 6.42 Å². The Bertz CT molecular complexity index is 657. The van der Waals surface area contributed by atoms with Gasteiger partial charge in [-0.2, -0.15) is 13.2 Å². The number of alkyl halides is 3.